The average Bonchev–Trinajstić information content (AvgIpc) is 2.52. The summed E-state index contributed by atoms with van der Waals surface area (Å²) in [5.74, 6) is -1.88. The molecule has 0 saturated carbocycles. The fourth-order valence-corrected chi connectivity index (χ4v) is 2.14. The van der Waals surface area contributed by atoms with Gasteiger partial charge in [-0.1, -0.05) is 27.5 Å². The zero-order valence-corrected chi connectivity index (χ0v) is 11.0. The van der Waals surface area contributed by atoms with Gasteiger partial charge in [0.15, 0.2) is 0 Å². The van der Waals surface area contributed by atoms with Crippen LogP contribution in [0.1, 0.15) is 16.8 Å². The Hall–Kier alpha value is -0.940. The van der Waals surface area contributed by atoms with Gasteiger partial charge >= 0.3 is 0 Å². The van der Waals surface area contributed by atoms with Crippen molar-refractivity contribution in [3.8, 4) is 0 Å². The molecule has 0 unspecified atom stereocenters. The number of alkyl halides is 1. The number of carbonyl (C=O) groups is 2. The highest BCUT2D eigenvalue weighted by atomic mass is 79.9. The van der Waals surface area contributed by atoms with Crippen LogP contribution in [-0.2, 0) is 4.79 Å². The van der Waals surface area contributed by atoms with Crippen LogP contribution in [0.4, 0.5) is 10.1 Å². The van der Waals surface area contributed by atoms with Crippen molar-refractivity contribution in [1.29, 1.82) is 0 Å². The lowest BCUT2D eigenvalue weighted by Gasteiger charge is -2.15. The van der Waals surface area contributed by atoms with E-state index in [2.05, 4.69) is 15.9 Å². The molecule has 17 heavy (non-hydrogen) atoms. The number of hydrogen-bond donors (Lipinski definition) is 0. The third-order valence-corrected chi connectivity index (χ3v) is 3.38. The molecular formula is C11H8BrClFNO2. The Balaban J connectivity index is 2.45. The highest BCUT2D eigenvalue weighted by Crippen LogP contribution is 2.33. The first kappa shape index (κ1) is 12.5. The van der Waals surface area contributed by atoms with Crippen LogP contribution in [0.15, 0.2) is 12.1 Å². The molecule has 0 atom stereocenters. The fraction of sp³-hybridized carbons (Fsp3) is 0.273. The lowest BCUT2D eigenvalue weighted by Crippen LogP contribution is -2.30. The third kappa shape index (κ3) is 2.09. The summed E-state index contributed by atoms with van der Waals surface area (Å²) < 4.78 is 13.3. The normalized spacial score (nSPS) is 14.4. The minimum Gasteiger partial charge on any atom is -0.305 e. The van der Waals surface area contributed by atoms with E-state index in [0.29, 0.717) is 24.0 Å². The maximum atomic E-state index is 13.3. The van der Waals surface area contributed by atoms with Crippen LogP contribution in [0.25, 0.3) is 0 Å². The monoisotopic (exact) mass is 319 g/mol. The summed E-state index contributed by atoms with van der Waals surface area (Å²) in [6.45, 7) is 0.379. The van der Waals surface area contributed by atoms with E-state index in [9.17, 15) is 14.0 Å². The number of rotatable bonds is 3. The second-order valence-corrected chi connectivity index (χ2v) is 4.81. The summed E-state index contributed by atoms with van der Waals surface area (Å²) in [7, 11) is 0. The zero-order valence-electron chi connectivity index (χ0n) is 8.67. The Labute approximate surface area is 111 Å². The Bertz CT molecular complexity index is 506. The molecule has 1 aromatic rings. The van der Waals surface area contributed by atoms with Crippen molar-refractivity contribution in [3.05, 3.63) is 28.5 Å². The second-order valence-electron chi connectivity index (χ2n) is 3.61. The minimum absolute atomic E-state index is 0.146. The van der Waals surface area contributed by atoms with Crippen LogP contribution in [0.5, 0.6) is 0 Å². The first-order chi connectivity index (χ1) is 8.06. The van der Waals surface area contributed by atoms with Gasteiger partial charge in [0.05, 0.1) is 16.3 Å². The Morgan fingerprint density at radius 1 is 1.35 bits per heavy atom. The third-order valence-electron chi connectivity index (χ3n) is 2.53. The molecule has 1 aliphatic heterocycles. The maximum Gasteiger partial charge on any atom is 0.299 e. The van der Waals surface area contributed by atoms with Crippen molar-refractivity contribution in [2.45, 2.75) is 6.42 Å². The van der Waals surface area contributed by atoms with Crippen molar-refractivity contribution in [2.75, 3.05) is 16.8 Å². The molecule has 1 aromatic carbocycles. The fourth-order valence-electron chi connectivity index (χ4n) is 1.73. The molecule has 1 heterocycles. The number of amides is 1. The van der Waals surface area contributed by atoms with Crippen LogP contribution >= 0.6 is 27.5 Å². The predicted octanol–water partition coefficient (Wildman–Crippen LogP) is 2.79. The number of anilines is 1. The van der Waals surface area contributed by atoms with E-state index in [1.165, 1.54) is 11.0 Å². The quantitative estimate of drug-likeness (QED) is 0.634. The standard InChI is InChI=1S/C11H8BrClFNO2/c12-2-1-3-15-9-5-8(14)7(13)4-6(9)10(16)11(15)17/h4-5H,1-3H2. The highest BCUT2D eigenvalue weighted by molar-refractivity contribution is 9.09. The second kappa shape index (κ2) is 4.74. The van der Waals surface area contributed by atoms with Crippen molar-refractivity contribution in [2.24, 2.45) is 0 Å². The average molecular weight is 321 g/mol. The van der Waals surface area contributed by atoms with Gasteiger partial charge in [0.25, 0.3) is 11.7 Å². The summed E-state index contributed by atoms with van der Waals surface area (Å²) in [5, 5.41) is 0.559. The van der Waals surface area contributed by atoms with Crippen molar-refractivity contribution in [3.63, 3.8) is 0 Å². The first-order valence-electron chi connectivity index (χ1n) is 4.97. The number of benzene rings is 1. The predicted molar refractivity (Wildman–Crippen MR) is 66.5 cm³/mol. The summed E-state index contributed by atoms with van der Waals surface area (Å²) in [6, 6.07) is 2.34. The molecule has 0 fully saturated rings. The highest BCUT2D eigenvalue weighted by Gasteiger charge is 2.36. The molecule has 0 radical (unpaired) electrons. The van der Waals surface area contributed by atoms with Crippen LogP contribution < -0.4 is 4.90 Å². The lowest BCUT2D eigenvalue weighted by atomic mass is 10.1. The topological polar surface area (TPSA) is 37.4 Å². The summed E-state index contributed by atoms with van der Waals surface area (Å²) >= 11 is 8.83. The number of halogens is 3. The molecule has 3 nitrogen and oxygen atoms in total. The number of fused-ring (bicyclic) bond motifs is 1. The SMILES string of the molecule is O=C1C(=O)N(CCCBr)c2cc(F)c(Cl)cc21. The number of hydrogen-bond acceptors (Lipinski definition) is 2. The molecule has 1 aliphatic rings. The molecule has 0 bridgehead atoms. The molecule has 0 N–H and O–H groups in total. The lowest BCUT2D eigenvalue weighted by molar-refractivity contribution is -0.114. The molecule has 0 aliphatic carbocycles. The number of nitrogens with zero attached hydrogens (tertiary/aromatic N) is 1. The van der Waals surface area contributed by atoms with Gasteiger partial charge in [-0.2, -0.15) is 0 Å². The Morgan fingerprint density at radius 3 is 2.71 bits per heavy atom. The summed E-state index contributed by atoms with van der Waals surface area (Å²) in [4.78, 5) is 24.6. The van der Waals surface area contributed by atoms with Crippen LogP contribution in [-0.4, -0.2) is 23.6 Å². The van der Waals surface area contributed by atoms with Crippen LogP contribution in [0, 0.1) is 5.82 Å². The molecule has 0 saturated heterocycles. The molecule has 2 rings (SSSR count). The molecule has 90 valence electrons. The molecule has 0 spiro atoms. The van der Waals surface area contributed by atoms with E-state index in [4.69, 9.17) is 11.6 Å². The van der Waals surface area contributed by atoms with E-state index in [1.807, 2.05) is 0 Å². The van der Waals surface area contributed by atoms with Gasteiger partial charge in [-0.05, 0) is 18.6 Å². The Kier molecular flexibility index (Phi) is 3.49. The van der Waals surface area contributed by atoms with Gasteiger partial charge in [-0.25, -0.2) is 4.39 Å². The van der Waals surface area contributed by atoms with Gasteiger partial charge in [-0.15, -0.1) is 0 Å². The van der Waals surface area contributed by atoms with Gasteiger partial charge in [0, 0.05) is 11.9 Å². The minimum atomic E-state index is -0.628. The maximum absolute atomic E-state index is 13.3. The molecule has 0 aromatic heterocycles. The van der Waals surface area contributed by atoms with Crippen molar-refractivity contribution < 1.29 is 14.0 Å². The van der Waals surface area contributed by atoms with Crippen molar-refractivity contribution >= 4 is 44.9 Å². The zero-order chi connectivity index (χ0) is 12.6. The Morgan fingerprint density at radius 2 is 2.06 bits per heavy atom. The smallest absolute Gasteiger partial charge is 0.299 e. The van der Waals surface area contributed by atoms with Gasteiger partial charge in [0.2, 0.25) is 0 Å². The van der Waals surface area contributed by atoms with E-state index in [-0.39, 0.29) is 10.6 Å². The molecule has 1 amide bonds. The number of Topliss-reactive ketones (excluding diaryl/α,β-unsaturated/α-hetero) is 1. The largest absolute Gasteiger partial charge is 0.305 e. The van der Waals surface area contributed by atoms with E-state index in [0.717, 1.165) is 6.07 Å². The van der Waals surface area contributed by atoms with Gasteiger partial charge < -0.3 is 4.90 Å². The number of ketones is 1. The molecular weight excluding hydrogens is 312 g/mol. The van der Waals surface area contributed by atoms with Crippen LogP contribution in [0.3, 0.4) is 0 Å². The first-order valence-corrected chi connectivity index (χ1v) is 6.47. The van der Waals surface area contributed by atoms with Crippen molar-refractivity contribution in [1.82, 2.24) is 0 Å². The molecule has 6 heteroatoms. The van der Waals surface area contributed by atoms with E-state index >= 15 is 0 Å². The summed E-state index contributed by atoms with van der Waals surface area (Å²) in [6.07, 6.45) is 0.683. The van der Waals surface area contributed by atoms with E-state index < -0.39 is 17.5 Å². The van der Waals surface area contributed by atoms with Gasteiger partial charge in [-0.3, -0.25) is 9.59 Å². The van der Waals surface area contributed by atoms with Gasteiger partial charge in [0.1, 0.15) is 5.82 Å². The van der Waals surface area contributed by atoms with E-state index in [1.54, 1.807) is 0 Å². The van der Waals surface area contributed by atoms with Crippen LogP contribution in [0.2, 0.25) is 5.02 Å². The summed E-state index contributed by atoms with van der Waals surface area (Å²) in [5.41, 5.74) is 0.485. The number of carbonyl (C=O) groups excluding carboxylic acids is 2.